The van der Waals surface area contributed by atoms with Gasteiger partial charge in [0.1, 0.15) is 5.00 Å². The number of carbonyl (C=O) groups excluding carboxylic acids is 2. The van der Waals surface area contributed by atoms with E-state index in [4.69, 9.17) is 4.74 Å². The summed E-state index contributed by atoms with van der Waals surface area (Å²) in [5.74, 6) is 0.0889. The Morgan fingerprint density at radius 2 is 1.93 bits per heavy atom. The fraction of sp³-hybridized carbons (Fsp3) is 0.409. The molecule has 1 aliphatic carbocycles. The van der Waals surface area contributed by atoms with Crippen molar-refractivity contribution in [3.8, 4) is 0 Å². The van der Waals surface area contributed by atoms with E-state index in [1.807, 2.05) is 24.3 Å². The first-order valence-electron chi connectivity index (χ1n) is 10.0. The van der Waals surface area contributed by atoms with E-state index in [-0.39, 0.29) is 5.97 Å². The van der Waals surface area contributed by atoms with Crippen LogP contribution in [-0.2, 0) is 17.6 Å². The van der Waals surface area contributed by atoms with Crippen LogP contribution in [0.1, 0.15) is 71.5 Å². The molecule has 29 heavy (non-hydrogen) atoms. The zero-order valence-corrected chi connectivity index (χ0v) is 17.9. The van der Waals surface area contributed by atoms with Gasteiger partial charge in [-0.3, -0.25) is 5.32 Å². The van der Waals surface area contributed by atoms with E-state index in [1.54, 1.807) is 13.1 Å². The van der Waals surface area contributed by atoms with Crippen molar-refractivity contribution in [1.82, 2.24) is 5.43 Å². The number of rotatable bonds is 6. The first-order chi connectivity index (χ1) is 14.0. The Morgan fingerprint density at radius 1 is 1.21 bits per heavy atom. The maximum Gasteiger partial charge on any atom is 0.341 e. The van der Waals surface area contributed by atoms with Crippen molar-refractivity contribution in [2.75, 3.05) is 11.9 Å². The number of urea groups is 1. The first kappa shape index (κ1) is 21.0. The Hall–Kier alpha value is -2.67. The molecule has 0 aliphatic heterocycles. The van der Waals surface area contributed by atoms with Gasteiger partial charge in [0.2, 0.25) is 0 Å². The third-order valence-electron chi connectivity index (χ3n) is 4.86. The molecular weight excluding hydrogens is 386 g/mol. The zero-order valence-electron chi connectivity index (χ0n) is 17.1. The average molecular weight is 414 g/mol. The number of hydrogen-bond donors (Lipinski definition) is 2. The van der Waals surface area contributed by atoms with Gasteiger partial charge in [0.05, 0.1) is 18.4 Å². The Balaban J connectivity index is 1.67. The quantitative estimate of drug-likeness (QED) is 0.394. The lowest BCUT2D eigenvalue weighted by Crippen LogP contribution is -2.25. The largest absolute Gasteiger partial charge is 0.462 e. The molecule has 1 aliphatic rings. The van der Waals surface area contributed by atoms with E-state index in [2.05, 4.69) is 29.7 Å². The lowest BCUT2D eigenvalue weighted by Gasteiger charge is -2.12. The molecule has 0 atom stereocenters. The molecule has 3 rings (SSSR count). The summed E-state index contributed by atoms with van der Waals surface area (Å²) in [4.78, 5) is 25.9. The second-order valence-corrected chi connectivity index (χ2v) is 8.39. The molecule has 7 heteroatoms. The van der Waals surface area contributed by atoms with Gasteiger partial charge in [-0.25, -0.2) is 15.0 Å². The normalized spacial score (nSPS) is 13.4. The van der Waals surface area contributed by atoms with E-state index in [1.165, 1.54) is 16.9 Å². The van der Waals surface area contributed by atoms with E-state index >= 15 is 0 Å². The predicted molar refractivity (Wildman–Crippen MR) is 117 cm³/mol. The third-order valence-corrected chi connectivity index (χ3v) is 6.07. The fourth-order valence-corrected chi connectivity index (χ4v) is 4.61. The van der Waals surface area contributed by atoms with Gasteiger partial charge >= 0.3 is 12.0 Å². The number of hydrazone groups is 1. The molecule has 2 amide bonds. The number of nitrogens with one attached hydrogen (secondary N) is 2. The number of ether oxygens (including phenoxy) is 1. The van der Waals surface area contributed by atoms with Crippen molar-refractivity contribution in [3.05, 3.63) is 51.4 Å². The summed E-state index contributed by atoms with van der Waals surface area (Å²) < 4.78 is 5.21. The highest BCUT2D eigenvalue weighted by Gasteiger charge is 2.27. The standard InChI is InChI=1S/C22H27N3O3S/c1-4-28-21(26)19-17-7-5-6-8-18(17)29-20(19)24-22(27)25-23-13-15-9-11-16(12-10-15)14(2)3/h9-14H,4-8H2,1-3H3,(H2,24,25,27). The van der Waals surface area contributed by atoms with E-state index in [0.29, 0.717) is 23.1 Å². The molecule has 0 unspecified atom stereocenters. The summed E-state index contributed by atoms with van der Waals surface area (Å²) in [6.07, 6.45) is 5.51. The van der Waals surface area contributed by atoms with Crippen LogP contribution in [0.4, 0.5) is 9.80 Å². The highest BCUT2D eigenvalue weighted by molar-refractivity contribution is 7.17. The minimum Gasteiger partial charge on any atom is -0.462 e. The molecule has 0 bridgehead atoms. The summed E-state index contributed by atoms with van der Waals surface area (Å²) >= 11 is 1.45. The van der Waals surface area contributed by atoms with Crippen LogP contribution in [-0.4, -0.2) is 24.8 Å². The lowest BCUT2D eigenvalue weighted by atomic mass is 9.95. The highest BCUT2D eigenvalue weighted by atomic mass is 32.1. The number of fused-ring (bicyclic) bond motifs is 1. The minimum atomic E-state index is -0.482. The van der Waals surface area contributed by atoms with Gasteiger partial charge in [-0.1, -0.05) is 38.1 Å². The average Bonchev–Trinajstić information content (AvgIpc) is 3.06. The summed E-state index contributed by atoms with van der Waals surface area (Å²) in [6.45, 7) is 6.36. The fourth-order valence-electron chi connectivity index (χ4n) is 3.34. The van der Waals surface area contributed by atoms with Crippen LogP contribution in [0, 0.1) is 0 Å². The number of amides is 2. The van der Waals surface area contributed by atoms with Gasteiger partial charge < -0.3 is 4.74 Å². The maximum absolute atomic E-state index is 12.4. The molecule has 6 nitrogen and oxygen atoms in total. The summed E-state index contributed by atoms with van der Waals surface area (Å²) in [6, 6.07) is 7.54. The Morgan fingerprint density at radius 3 is 2.62 bits per heavy atom. The van der Waals surface area contributed by atoms with Gasteiger partial charge in [0.25, 0.3) is 0 Å². The molecule has 0 saturated carbocycles. The van der Waals surface area contributed by atoms with Crippen molar-refractivity contribution in [1.29, 1.82) is 0 Å². The Kier molecular flexibility index (Phi) is 7.04. The number of thiophene rings is 1. The smallest absolute Gasteiger partial charge is 0.341 e. The van der Waals surface area contributed by atoms with Crippen LogP contribution in [0.3, 0.4) is 0 Å². The van der Waals surface area contributed by atoms with Crippen molar-refractivity contribution in [2.45, 2.75) is 52.4 Å². The molecule has 0 radical (unpaired) electrons. The molecule has 0 fully saturated rings. The minimum absolute atomic E-state index is 0.301. The van der Waals surface area contributed by atoms with Crippen LogP contribution in [0.15, 0.2) is 29.4 Å². The first-order valence-corrected chi connectivity index (χ1v) is 10.8. The van der Waals surface area contributed by atoms with Crippen molar-refractivity contribution >= 4 is 34.6 Å². The maximum atomic E-state index is 12.4. The Bertz CT molecular complexity index is 901. The molecule has 154 valence electrons. The molecule has 1 aromatic heterocycles. The van der Waals surface area contributed by atoms with Gasteiger partial charge in [0.15, 0.2) is 0 Å². The lowest BCUT2D eigenvalue weighted by molar-refractivity contribution is 0.0526. The van der Waals surface area contributed by atoms with Crippen molar-refractivity contribution in [3.63, 3.8) is 0 Å². The monoisotopic (exact) mass is 413 g/mol. The van der Waals surface area contributed by atoms with Gasteiger partial charge in [-0.2, -0.15) is 5.10 Å². The van der Waals surface area contributed by atoms with Crippen LogP contribution < -0.4 is 10.7 Å². The molecule has 0 spiro atoms. The third kappa shape index (κ3) is 5.23. The second-order valence-electron chi connectivity index (χ2n) is 7.28. The summed E-state index contributed by atoms with van der Waals surface area (Å²) in [7, 11) is 0. The van der Waals surface area contributed by atoms with Crippen LogP contribution >= 0.6 is 11.3 Å². The number of aryl methyl sites for hydroxylation is 1. The highest BCUT2D eigenvalue weighted by Crippen LogP contribution is 2.38. The zero-order chi connectivity index (χ0) is 20.8. The van der Waals surface area contributed by atoms with Crippen LogP contribution in [0.5, 0.6) is 0 Å². The van der Waals surface area contributed by atoms with Crippen molar-refractivity contribution in [2.24, 2.45) is 5.10 Å². The number of benzene rings is 1. The molecule has 2 aromatic rings. The number of hydrogen-bond acceptors (Lipinski definition) is 5. The number of nitrogens with zero attached hydrogens (tertiary/aromatic N) is 1. The van der Waals surface area contributed by atoms with Gasteiger partial charge in [-0.05, 0) is 55.2 Å². The second kappa shape index (κ2) is 9.69. The number of esters is 1. The molecule has 0 saturated heterocycles. The topological polar surface area (TPSA) is 79.8 Å². The number of anilines is 1. The number of carbonyl (C=O) groups is 2. The van der Waals surface area contributed by atoms with Crippen LogP contribution in [0.2, 0.25) is 0 Å². The summed E-state index contributed by atoms with van der Waals surface area (Å²) in [5.41, 5.74) is 6.13. The molecular formula is C22H27N3O3S. The van der Waals surface area contributed by atoms with E-state index in [9.17, 15) is 9.59 Å². The molecule has 1 heterocycles. The molecule has 1 aromatic carbocycles. The van der Waals surface area contributed by atoms with Gasteiger partial charge in [-0.15, -0.1) is 11.3 Å². The van der Waals surface area contributed by atoms with E-state index < -0.39 is 6.03 Å². The van der Waals surface area contributed by atoms with Crippen molar-refractivity contribution < 1.29 is 14.3 Å². The molecule has 2 N–H and O–H groups in total. The van der Waals surface area contributed by atoms with Crippen LogP contribution in [0.25, 0.3) is 0 Å². The SMILES string of the molecule is CCOC(=O)c1c(NC(=O)NN=Cc2ccc(C(C)C)cc2)sc2c1CCCC2. The predicted octanol–water partition coefficient (Wildman–Crippen LogP) is 5.08. The van der Waals surface area contributed by atoms with E-state index in [0.717, 1.165) is 41.7 Å². The Labute approximate surface area is 175 Å². The summed E-state index contributed by atoms with van der Waals surface area (Å²) in [5, 5.41) is 7.31. The van der Waals surface area contributed by atoms with Gasteiger partial charge in [0, 0.05) is 4.88 Å².